The summed E-state index contributed by atoms with van der Waals surface area (Å²) in [7, 11) is 0. The van der Waals surface area contributed by atoms with Crippen LogP contribution in [-0.2, 0) is 4.79 Å². The number of allylic oxidation sites excluding steroid dienone is 2. The molecule has 0 aliphatic heterocycles. The van der Waals surface area contributed by atoms with E-state index in [1.165, 1.54) is 0 Å². The van der Waals surface area contributed by atoms with Crippen LogP contribution < -0.4 is 0 Å². The number of hydrogen-bond acceptors (Lipinski definition) is 1. The molecule has 2 heteroatoms. The van der Waals surface area contributed by atoms with Crippen molar-refractivity contribution in [3.05, 3.63) is 12.2 Å². The number of rotatable bonds is 5. The summed E-state index contributed by atoms with van der Waals surface area (Å²) < 4.78 is 0. The van der Waals surface area contributed by atoms with Crippen LogP contribution in [0, 0.1) is 11.8 Å². The number of aliphatic carboxylic acids is 1. The van der Waals surface area contributed by atoms with Crippen molar-refractivity contribution in [2.24, 2.45) is 11.8 Å². The fraction of sp³-hybridized carbons (Fsp3) is 0.700. The van der Waals surface area contributed by atoms with E-state index in [9.17, 15) is 4.79 Å². The highest BCUT2D eigenvalue weighted by molar-refractivity contribution is 5.66. The largest absolute Gasteiger partial charge is 0.481 e. The summed E-state index contributed by atoms with van der Waals surface area (Å²) in [4.78, 5) is 10.3. The zero-order valence-corrected chi connectivity index (χ0v) is 8.08. The Morgan fingerprint density at radius 2 is 2.08 bits per heavy atom. The number of carboxylic acid groups (broad SMARTS) is 1. The lowest BCUT2D eigenvalue weighted by Gasteiger charge is -2.11. The normalized spacial score (nSPS) is 16.2. The Kier molecular flexibility index (Phi) is 5.43. The molecule has 12 heavy (non-hydrogen) atoms. The predicted molar refractivity (Wildman–Crippen MR) is 50.0 cm³/mol. The number of carbonyl (C=O) groups is 1. The van der Waals surface area contributed by atoms with Crippen LogP contribution in [0.15, 0.2) is 12.2 Å². The highest BCUT2D eigenvalue weighted by Crippen LogP contribution is 2.15. The van der Waals surface area contributed by atoms with Crippen molar-refractivity contribution in [1.29, 1.82) is 0 Å². The van der Waals surface area contributed by atoms with Crippen LogP contribution in [0.3, 0.4) is 0 Å². The summed E-state index contributed by atoms with van der Waals surface area (Å²) in [6.45, 7) is 6.07. The Morgan fingerprint density at radius 3 is 2.50 bits per heavy atom. The molecular weight excluding hydrogens is 152 g/mol. The second kappa shape index (κ2) is 5.81. The van der Waals surface area contributed by atoms with Gasteiger partial charge < -0.3 is 5.11 Å². The van der Waals surface area contributed by atoms with Gasteiger partial charge in [0.1, 0.15) is 0 Å². The number of hydrogen-bond donors (Lipinski definition) is 1. The van der Waals surface area contributed by atoms with E-state index in [1.807, 2.05) is 19.9 Å². The molecule has 0 aromatic carbocycles. The first-order valence-electron chi connectivity index (χ1n) is 4.40. The summed E-state index contributed by atoms with van der Waals surface area (Å²) in [6.07, 6.45) is 5.36. The molecule has 0 saturated heterocycles. The molecule has 0 aliphatic carbocycles. The van der Waals surface area contributed by atoms with Crippen LogP contribution in [0.25, 0.3) is 0 Å². The van der Waals surface area contributed by atoms with Gasteiger partial charge in [0.15, 0.2) is 0 Å². The lowest BCUT2D eigenvalue weighted by Crippen LogP contribution is -2.07. The summed E-state index contributed by atoms with van der Waals surface area (Å²) in [5.74, 6) is 0.0632. The minimum absolute atomic E-state index is 0.272. The minimum atomic E-state index is -0.699. The topological polar surface area (TPSA) is 37.3 Å². The molecule has 0 radical (unpaired) electrons. The summed E-state index contributed by atoms with van der Waals surface area (Å²) in [5.41, 5.74) is 0. The van der Waals surface area contributed by atoms with Crippen molar-refractivity contribution in [3.63, 3.8) is 0 Å². The van der Waals surface area contributed by atoms with Crippen molar-refractivity contribution < 1.29 is 9.90 Å². The van der Waals surface area contributed by atoms with E-state index >= 15 is 0 Å². The molecule has 0 amide bonds. The van der Waals surface area contributed by atoms with Crippen molar-refractivity contribution in [2.75, 3.05) is 0 Å². The highest BCUT2D eigenvalue weighted by atomic mass is 16.4. The highest BCUT2D eigenvalue weighted by Gasteiger charge is 2.09. The molecule has 0 heterocycles. The molecule has 0 bridgehead atoms. The van der Waals surface area contributed by atoms with Crippen LogP contribution in [0.2, 0.25) is 0 Å². The van der Waals surface area contributed by atoms with Crippen molar-refractivity contribution >= 4 is 5.97 Å². The van der Waals surface area contributed by atoms with Gasteiger partial charge in [-0.1, -0.05) is 26.0 Å². The Balaban J connectivity index is 3.67. The molecule has 0 spiro atoms. The molecule has 1 N–H and O–H groups in total. The first-order chi connectivity index (χ1) is 5.56. The lowest BCUT2D eigenvalue weighted by atomic mass is 9.94. The molecule has 0 saturated carbocycles. The standard InChI is InChI=1S/C10H18O2/c1-4-5-8(2)6-9(3)7-10(11)12/h4-5,8-9H,6-7H2,1-3H3,(H,11,12)/b5-4+/t8-,9-/m1/s1. The first kappa shape index (κ1) is 11.2. The Labute approximate surface area is 74.3 Å². The summed E-state index contributed by atoms with van der Waals surface area (Å²) in [5, 5.41) is 8.51. The van der Waals surface area contributed by atoms with Gasteiger partial charge in [-0.05, 0) is 25.2 Å². The fourth-order valence-electron chi connectivity index (χ4n) is 1.42. The zero-order valence-electron chi connectivity index (χ0n) is 8.08. The Bertz CT molecular complexity index is 161. The van der Waals surface area contributed by atoms with Crippen LogP contribution in [0.5, 0.6) is 0 Å². The van der Waals surface area contributed by atoms with Crippen molar-refractivity contribution in [1.82, 2.24) is 0 Å². The monoisotopic (exact) mass is 170 g/mol. The fourth-order valence-corrected chi connectivity index (χ4v) is 1.42. The van der Waals surface area contributed by atoms with Gasteiger partial charge >= 0.3 is 5.97 Å². The van der Waals surface area contributed by atoms with Gasteiger partial charge in [-0.25, -0.2) is 0 Å². The van der Waals surface area contributed by atoms with Crippen molar-refractivity contribution in [3.8, 4) is 0 Å². The molecule has 0 fully saturated rings. The van der Waals surface area contributed by atoms with Crippen LogP contribution >= 0.6 is 0 Å². The van der Waals surface area contributed by atoms with Crippen LogP contribution in [0.4, 0.5) is 0 Å². The van der Waals surface area contributed by atoms with Gasteiger partial charge in [0.2, 0.25) is 0 Å². The SMILES string of the molecule is C/C=C/[C@@H](C)C[C@@H](C)CC(=O)O. The molecule has 0 aromatic heterocycles. The van der Waals surface area contributed by atoms with Crippen LogP contribution in [-0.4, -0.2) is 11.1 Å². The van der Waals surface area contributed by atoms with Gasteiger partial charge in [0.25, 0.3) is 0 Å². The predicted octanol–water partition coefficient (Wildman–Crippen LogP) is 2.70. The first-order valence-corrected chi connectivity index (χ1v) is 4.40. The molecule has 0 unspecified atom stereocenters. The maximum absolute atomic E-state index is 10.3. The van der Waals surface area contributed by atoms with Gasteiger partial charge in [-0.3, -0.25) is 4.79 Å². The van der Waals surface area contributed by atoms with Gasteiger partial charge in [0.05, 0.1) is 0 Å². The molecule has 0 rings (SSSR count). The summed E-state index contributed by atoms with van der Waals surface area (Å²) in [6, 6.07) is 0. The maximum Gasteiger partial charge on any atom is 0.303 e. The van der Waals surface area contributed by atoms with E-state index in [0.29, 0.717) is 5.92 Å². The van der Waals surface area contributed by atoms with E-state index in [1.54, 1.807) is 0 Å². The van der Waals surface area contributed by atoms with Crippen LogP contribution in [0.1, 0.15) is 33.6 Å². The maximum atomic E-state index is 10.3. The molecular formula is C10H18O2. The molecule has 0 aliphatic rings. The molecule has 70 valence electrons. The smallest absolute Gasteiger partial charge is 0.303 e. The molecule has 2 atom stereocenters. The quantitative estimate of drug-likeness (QED) is 0.644. The van der Waals surface area contributed by atoms with E-state index < -0.39 is 5.97 Å². The van der Waals surface area contributed by atoms with Gasteiger partial charge in [-0.15, -0.1) is 0 Å². The minimum Gasteiger partial charge on any atom is -0.481 e. The third-order valence-corrected chi connectivity index (χ3v) is 1.82. The van der Waals surface area contributed by atoms with E-state index in [-0.39, 0.29) is 12.3 Å². The van der Waals surface area contributed by atoms with E-state index in [4.69, 9.17) is 5.11 Å². The zero-order chi connectivity index (χ0) is 9.56. The molecule has 2 nitrogen and oxygen atoms in total. The van der Waals surface area contributed by atoms with E-state index in [2.05, 4.69) is 13.0 Å². The lowest BCUT2D eigenvalue weighted by molar-refractivity contribution is -0.138. The average Bonchev–Trinajstić information content (AvgIpc) is 1.84. The van der Waals surface area contributed by atoms with Crippen molar-refractivity contribution in [2.45, 2.75) is 33.6 Å². The van der Waals surface area contributed by atoms with E-state index in [0.717, 1.165) is 6.42 Å². The third-order valence-electron chi connectivity index (χ3n) is 1.82. The Hall–Kier alpha value is -0.790. The van der Waals surface area contributed by atoms with Gasteiger partial charge in [-0.2, -0.15) is 0 Å². The summed E-state index contributed by atoms with van der Waals surface area (Å²) >= 11 is 0. The molecule has 0 aromatic rings. The van der Waals surface area contributed by atoms with Gasteiger partial charge in [0, 0.05) is 6.42 Å². The second-order valence-electron chi connectivity index (χ2n) is 3.44. The Morgan fingerprint density at radius 1 is 1.50 bits per heavy atom. The second-order valence-corrected chi connectivity index (χ2v) is 3.44. The third kappa shape index (κ3) is 5.96. The number of carboxylic acids is 1. The average molecular weight is 170 g/mol.